The molecule has 110 valence electrons. The van der Waals surface area contributed by atoms with Crippen LogP contribution in [0.3, 0.4) is 0 Å². The number of aromatic amines is 1. The lowest BCUT2D eigenvalue weighted by atomic mass is 10.2. The van der Waals surface area contributed by atoms with E-state index < -0.39 is 11.2 Å². The third-order valence-corrected chi connectivity index (χ3v) is 3.53. The van der Waals surface area contributed by atoms with Crippen molar-refractivity contribution in [1.29, 1.82) is 0 Å². The largest absolute Gasteiger partial charge is 0.328 e. The van der Waals surface area contributed by atoms with Gasteiger partial charge in [-0.25, -0.2) is 4.79 Å². The highest BCUT2D eigenvalue weighted by Crippen LogP contribution is 2.23. The Balaban J connectivity index is 1.99. The number of benzene rings is 1. The number of halogens is 1. The van der Waals surface area contributed by atoms with Crippen molar-refractivity contribution < 1.29 is 4.79 Å². The molecule has 1 aromatic heterocycles. The molecule has 2 aromatic rings. The van der Waals surface area contributed by atoms with E-state index in [4.69, 9.17) is 0 Å². The molecule has 2 rings (SSSR count). The number of carbonyl (C=O) groups excluding carboxylic acids is 1. The average Bonchev–Trinajstić information content (AvgIpc) is 2.41. The van der Waals surface area contributed by atoms with E-state index in [-0.39, 0.29) is 18.9 Å². The summed E-state index contributed by atoms with van der Waals surface area (Å²) < 4.78 is 2.09. The number of rotatable bonds is 4. The number of nitrogens with one attached hydrogen (secondary N) is 2. The van der Waals surface area contributed by atoms with E-state index in [1.54, 1.807) is 0 Å². The van der Waals surface area contributed by atoms with Crippen molar-refractivity contribution in [3.63, 3.8) is 0 Å². The highest BCUT2D eigenvalue weighted by Gasteiger charge is 2.06. The van der Waals surface area contributed by atoms with Gasteiger partial charge in [0, 0.05) is 29.7 Å². The molecule has 1 amide bonds. The fraction of sp³-hybridized carbons (Fsp3) is 0.214. The van der Waals surface area contributed by atoms with Crippen LogP contribution >= 0.6 is 15.9 Å². The Morgan fingerprint density at radius 1 is 1.33 bits per heavy atom. The SMILES string of the molecule is Cc1ccc(NC(=O)CCn2ccc(=O)[nH]c2=O)c(Br)c1. The van der Waals surface area contributed by atoms with Gasteiger partial charge in [0.1, 0.15) is 0 Å². The molecule has 0 saturated heterocycles. The maximum absolute atomic E-state index is 11.9. The van der Waals surface area contributed by atoms with Gasteiger partial charge in [0.05, 0.1) is 5.69 Å². The minimum absolute atomic E-state index is 0.131. The maximum Gasteiger partial charge on any atom is 0.328 e. The molecule has 0 saturated carbocycles. The van der Waals surface area contributed by atoms with Gasteiger partial charge in [0.15, 0.2) is 0 Å². The summed E-state index contributed by atoms with van der Waals surface area (Å²) in [7, 11) is 0. The number of hydrogen-bond donors (Lipinski definition) is 2. The first kappa shape index (κ1) is 15.2. The minimum Gasteiger partial charge on any atom is -0.325 e. The zero-order chi connectivity index (χ0) is 15.4. The van der Waals surface area contributed by atoms with E-state index >= 15 is 0 Å². The summed E-state index contributed by atoms with van der Waals surface area (Å²) in [5.74, 6) is -0.211. The second kappa shape index (κ2) is 6.53. The predicted molar refractivity (Wildman–Crippen MR) is 83.4 cm³/mol. The summed E-state index contributed by atoms with van der Waals surface area (Å²) in [6, 6.07) is 6.86. The van der Waals surface area contributed by atoms with Crippen molar-refractivity contribution in [1.82, 2.24) is 9.55 Å². The first-order valence-electron chi connectivity index (χ1n) is 6.31. The predicted octanol–water partition coefficient (Wildman–Crippen LogP) is 1.64. The van der Waals surface area contributed by atoms with Crippen LogP contribution < -0.4 is 16.6 Å². The summed E-state index contributed by atoms with van der Waals surface area (Å²) in [4.78, 5) is 36.4. The topological polar surface area (TPSA) is 84.0 Å². The van der Waals surface area contributed by atoms with E-state index in [0.717, 1.165) is 10.0 Å². The molecule has 0 fully saturated rings. The first-order chi connectivity index (χ1) is 9.95. The number of amides is 1. The molecule has 0 aliphatic rings. The summed E-state index contributed by atoms with van der Waals surface area (Å²) in [6.07, 6.45) is 1.50. The zero-order valence-electron chi connectivity index (χ0n) is 11.4. The molecule has 0 radical (unpaired) electrons. The second-order valence-electron chi connectivity index (χ2n) is 4.59. The lowest BCUT2D eigenvalue weighted by Crippen LogP contribution is -2.29. The number of H-pyrrole nitrogens is 1. The van der Waals surface area contributed by atoms with Crippen LogP contribution in [0.5, 0.6) is 0 Å². The van der Waals surface area contributed by atoms with E-state index in [1.165, 1.54) is 16.8 Å². The van der Waals surface area contributed by atoms with Crippen LogP contribution in [0, 0.1) is 6.92 Å². The smallest absolute Gasteiger partial charge is 0.325 e. The third-order valence-electron chi connectivity index (χ3n) is 2.88. The summed E-state index contributed by atoms with van der Waals surface area (Å²) >= 11 is 3.38. The highest BCUT2D eigenvalue weighted by atomic mass is 79.9. The number of hydrogen-bond acceptors (Lipinski definition) is 3. The van der Waals surface area contributed by atoms with E-state index in [9.17, 15) is 14.4 Å². The Bertz CT molecular complexity index is 780. The number of aromatic nitrogens is 2. The number of aryl methyl sites for hydroxylation is 2. The van der Waals surface area contributed by atoms with Crippen LogP contribution in [0.4, 0.5) is 5.69 Å². The molecule has 6 nitrogen and oxygen atoms in total. The summed E-state index contributed by atoms with van der Waals surface area (Å²) in [6.45, 7) is 2.16. The third kappa shape index (κ3) is 4.16. The quantitative estimate of drug-likeness (QED) is 0.877. The Morgan fingerprint density at radius 2 is 2.10 bits per heavy atom. The van der Waals surface area contributed by atoms with Gasteiger partial charge in [-0.3, -0.25) is 14.6 Å². The van der Waals surface area contributed by atoms with Crippen molar-refractivity contribution in [2.45, 2.75) is 19.9 Å². The first-order valence-corrected chi connectivity index (χ1v) is 7.11. The van der Waals surface area contributed by atoms with Crippen molar-refractivity contribution >= 4 is 27.5 Å². The number of carbonyl (C=O) groups is 1. The minimum atomic E-state index is -0.521. The Kier molecular flexibility index (Phi) is 4.74. The molecule has 0 aliphatic carbocycles. The zero-order valence-corrected chi connectivity index (χ0v) is 12.9. The molecule has 21 heavy (non-hydrogen) atoms. The normalized spacial score (nSPS) is 10.4. The van der Waals surface area contributed by atoms with Gasteiger partial charge < -0.3 is 9.88 Å². The molecule has 1 aromatic carbocycles. The Morgan fingerprint density at radius 3 is 2.76 bits per heavy atom. The van der Waals surface area contributed by atoms with Gasteiger partial charge in [-0.1, -0.05) is 6.07 Å². The average molecular weight is 352 g/mol. The lowest BCUT2D eigenvalue weighted by Gasteiger charge is -2.09. The van der Waals surface area contributed by atoms with Gasteiger partial charge in [-0.2, -0.15) is 0 Å². The van der Waals surface area contributed by atoms with E-state index in [2.05, 4.69) is 26.2 Å². The van der Waals surface area contributed by atoms with E-state index in [1.807, 2.05) is 25.1 Å². The number of nitrogens with zero attached hydrogens (tertiary/aromatic N) is 1. The Labute approximate surface area is 128 Å². The molecule has 2 N–H and O–H groups in total. The fourth-order valence-corrected chi connectivity index (χ4v) is 2.37. The van der Waals surface area contributed by atoms with Gasteiger partial charge in [0.25, 0.3) is 5.56 Å². The lowest BCUT2D eigenvalue weighted by molar-refractivity contribution is -0.116. The highest BCUT2D eigenvalue weighted by molar-refractivity contribution is 9.10. The second-order valence-corrected chi connectivity index (χ2v) is 5.44. The number of anilines is 1. The van der Waals surface area contributed by atoms with Crippen LogP contribution in [0.1, 0.15) is 12.0 Å². The fourth-order valence-electron chi connectivity index (χ4n) is 1.78. The van der Waals surface area contributed by atoms with Gasteiger partial charge in [0.2, 0.25) is 5.91 Å². The van der Waals surface area contributed by atoms with Gasteiger partial charge >= 0.3 is 5.69 Å². The molecule has 0 aliphatic heterocycles. The van der Waals surface area contributed by atoms with Crippen molar-refractivity contribution in [3.05, 3.63) is 61.3 Å². The standard InChI is InChI=1S/C14H14BrN3O3/c1-9-2-3-11(10(15)8-9)16-12(19)4-6-18-7-5-13(20)17-14(18)21/h2-3,5,7-8H,4,6H2,1H3,(H,16,19)(H,17,20,21). The summed E-state index contributed by atoms with van der Waals surface area (Å²) in [5, 5.41) is 2.77. The monoisotopic (exact) mass is 351 g/mol. The molecular formula is C14H14BrN3O3. The van der Waals surface area contributed by atoms with Crippen molar-refractivity contribution in [2.24, 2.45) is 0 Å². The van der Waals surface area contributed by atoms with Crippen LogP contribution in [-0.2, 0) is 11.3 Å². The van der Waals surface area contributed by atoms with E-state index in [0.29, 0.717) is 5.69 Å². The molecule has 0 atom stereocenters. The van der Waals surface area contributed by atoms with Crippen molar-refractivity contribution in [2.75, 3.05) is 5.32 Å². The molecule has 0 spiro atoms. The summed E-state index contributed by atoms with van der Waals surface area (Å²) in [5.41, 5.74) is 0.787. The molecule has 0 bridgehead atoms. The van der Waals surface area contributed by atoms with Crippen molar-refractivity contribution in [3.8, 4) is 0 Å². The van der Waals surface area contributed by atoms with Crippen LogP contribution in [-0.4, -0.2) is 15.5 Å². The van der Waals surface area contributed by atoms with Gasteiger partial charge in [-0.15, -0.1) is 0 Å². The van der Waals surface area contributed by atoms with Gasteiger partial charge in [-0.05, 0) is 40.5 Å². The molecule has 7 heteroatoms. The maximum atomic E-state index is 11.9. The molecule has 1 heterocycles. The molecule has 0 unspecified atom stereocenters. The van der Waals surface area contributed by atoms with Crippen LogP contribution in [0.2, 0.25) is 0 Å². The Hall–Kier alpha value is -2.15. The van der Waals surface area contributed by atoms with Crippen LogP contribution in [0.15, 0.2) is 44.5 Å². The van der Waals surface area contributed by atoms with Crippen LogP contribution in [0.25, 0.3) is 0 Å². The molecular weight excluding hydrogens is 338 g/mol.